The number of hydrogen-bond donors (Lipinski definition) is 0. The Morgan fingerprint density at radius 3 is 2.61 bits per heavy atom. The molecule has 2 aliphatic rings. The van der Waals surface area contributed by atoms with Gasteiger partial charge in [0, 0.05) is 25.2 Å². The normalized spacial score (nSPS) is 21.9. The zero-order chi connectivity index (χ0) is 16.1. The predicted octanol–water partition coefficient (Wildman–Crippen LogP) is 2.66. The summed E-state index contributed by atoms with van der Waals surface area (Å²) in [6, 6.07) is 9.75. The highest BCUT2D eigenvalue weighted by molar-refractivity contribution is 5.92. The highest BCUT2D eigenvalue weighted by Gasteiger charge is 2.29. The summed E-state index contributed by atoms with van der Waals surface area (Å²) in [6.07, 6.45) is 8.32. The summed E-state index contributed by atoms with van der Waals surface area (Å²) >= 11 is 0. The second-order valence-corrected chi connectivity index (χ2v) is 6.40. The number of likely N-dealkylation sites (tertiary alicyclic amines) is 2. The fourth-order valence-electron chi connectivity index (χ4n) is 3.51. The van der Waals surface area contributed by atoms with Crippen LogP contribution in [0, 0.1) is 11.3 Å². The molecule has 0 aliphatic carbocycles. The van der Waals surface area contributed by atoms with Gasteiger partial charge in [-0.05, 0) is 62.5 Å². The first kappa shape index (κ1) is 15.8. The molecule has 0 radical (unpaired) electrons. The van der Waals surface area contributed by atoms with Crippen molar-refractivity contribution in [2.45, 2.75) is 31.7 Å². The van der Waals surface area contributed by atoms with Gasteiger partial charge in [-0.25, -0.2) is 0 Å². The number of nitrogens with zero attached hydrogens (tertiary/aromatic N) is 3. The maximum atomic E-state index is 12.5. The Morgan fingerprint density at radius 1 is 1.17 bits per heavy atom. The zero-order valence-electron chi connectivity index (χ0n) is 13.4. The van der Waals surface area contributed by atoms with Crippen molar-refractivity contribution >= 4 is 12.0 Å². The van der Waals surface area contributed by atoms with Crippen LogP contribution >= 0.6 is 0 Å². The van der Waals surface area contributed by atoms with E-state index in [1.165, 1.54) is 25.9 Å². The molecule has 0 N–H and O–H groups in total. The molecular formula is C19H23N3O. The number of nitriles is 1. The molecule has 0 unspecified atom stereocenters. The van der Waals surface area contributed by atoms with Crippen molar-refractivity contribution in [2.75, 3.05) is 26.2 Å². The van der Waals surface area contributed by atoms with Gasteiger partial charge in [0.25, 0.3) is 0 Å². The molecule has 0 spiro atoms. The van der Waals surface area contributed by atoms with Crippen LogP contribution in [0.15, 0.2) is 30.3 Å². The van der Waals surface area contributed by atoms with Gasteiger partial charge in [-0.1, -0.05) is 12.1 Å². The first-order chi connectivity index (χ1) is 11.3. The molecule has 2 saturated heterocycles. The van der Waals surface area contributed by atoms with Crippen molar-refractivity contribution in [1.82, 2.24) is 9.80 Å². The second kappa shape index (κ2) is 7.43. The third kappa shape index (κ3) is 4.00. The number of carbonyl (C=O) groups excluding carboxylic acids is 1. The van der Waals surface area contributed by atoms with Gasteiger partial charge in [0.15, 0.2) is 0 Å². The lowest BCUT2D eigenvalue weighted by molar-refractivity contribution is -0.127. The number of carbonyl (C=O) groups is 1. The Labute approximate surface area is 138 Å². The van der Waals surface area contributed by atoms with Gasteiger partial charge in [-0.3, -0.25) is 4.79 Å². The number of benzene rings is 1. The van der Waals surface area contributed by atoms with Crippen LogP contribution in [0.2, 0.25) is 0 Å². The van der Waals surface area contributed by atoms with Gasteiger partial charge in [-0.15, -0.1) is 0 Å². The molecule has 0 bridgehead atoms. The maximum Gasteiger partial charge on any atom is 0.246 e. The summed E-state index contributed by atoms with van der Waals surface area (Å²) in [6.45, 7) is 4.25. The van der Waals surface area contributed by atoms with Crippen LogP contribution in [0.4, 0.5) is 0 Å². The first-order valence-corrected chi connectivity index (χ1v) is 8.47. The molecule has 1 aromatic carbocycles. The zero-order valence-corrected chi connectivity index (χ0v) is 13.4. The average Bonchev–Trinajstić information content (AvgIpc) is 3.25. The number of amides is 1. The van der Waals surface area contributed by atoms with Gasteiger partial charge < -0.3 is 9.80 Å². The molecule has 0 aromatic heterocycles. The van der Waals surface area contributed by atoms with E-state index < -0.39 is 0 Å². The summed E-state index contributed by atoms with van der Waals surface area (Å²) in [5.41, 5.74) is 1.59. The topological polar surface area (TPSA) is 47.3 Å². The van der Waals surface area contributed by atoms with Crippen LogP contribution < -0.4 is 0 Å². The molecule has 2 heterocycles. The minimum Gasteiger partial charge on any atom is -0.335 e. The van der Waals surface area contributed by atoms with Gasteiger partial charge in [-0.2, -0.15) is 5.26 Å². The maximum absolute atomic E-state index is 12.5. The predicted molar refractivity (Wildman–Crippen MR) is 90.6 cm³/mol. The Bertz CT molecular complexity index is 608. The molecule has 1 amide bonds. The molecular weight excluding hydrogens is 286 g/mol. The van der Waals surface area contributed by atoms with E-state index in [0.717, 1.165) is 31.5 Å². The van der Waals surface area contributed by atoms with Crippen molar-refractivity contribution in [3.63, 3.8) is 0 Å². The van der Waals surface area contributed by atoms with E-state index >= 15 is 0 Å². The fourth-order valence-corrected chi connectivity index (χ4v) is 3.51. The van der Waals surface area contributed by atoms with Crippen molar-refractivity contribution in [1.29, 1.82) is 5.26 Å². The Hall–Kier alpha value is -2.12. The third-order valence-corrected chi connectivity index (χ3v) is 4.79. The van der Waals surface area contributed by atoms with Crippen LogP contribution in [0.25, 0.3) is 6.08 Å². The first-order valence-electron chi connectivity index (χ1n) is 8.47. The molecule has 2 aliphatic heterocycles. The van der Waals surface area contributed by atoms with Crippen LogP contribution in [-0.2, 0) is 4.79 Å². The van der Waals surface area contributed by atoms with Crippen LogP contribution in [0.1, 0.15) is 36.8 Å². The second-order valence-electron chi connectivity index (χ2n) is 6.40. The lowest BCUT2D eigenvalue weighted by atomic mass is 10.1. The summed E-state index contributed by atoms with van der Waals surface area (Å²) < 4.78 is 0. The van der Waals surface area contributed by atoms with Gasteiger partial charge in [0.05, 0.1) is 11.6 Å². The SMILES string of the molecule is N#Cc1ccc(/C=C/C(=O)N2CCC[C@H]2CN2CCCC2)cc1. The molecule has 1 atom stereocenters. The van der Waals surface area contributed by atoms with E-state index in [9.17, 15) is 4.79 Å². The van der Waals surface area contributed by atoms with E-state index in [-0.39, 0.29) is 5.91 Å². The molecule has 23 heavy (non-hydrogen) atoms. The molecule has 1 aromatic rings. The van der Waals surface area contributed by atoms with Crippen molar-refractivity contribution in [2.24, 2.45) is 0 Å². The van der Waals surface area contributed by atoms with Crippen LogP contribution in [-0.4, -0.2) is 47.9 Å². The summed E-state index contributed by atoms with van der Waals surface area (Å²) in [7, 11) is 0. The molecule has 120 valence electrons. The van der Waals surface area contributed by atoms with E-state index in [2.05, 4.69) is 11.0 Å². The smallest absolute Gasteiger partial charge is 0.246 e. The Morgan fingerprint density at radius 2 is 1.91 bits per heavy atom. The lowest BCUT2D eigenvalue weighted by Crippen LogP contribution is -2.41. The summed E-state index contributed by atoms with van der Waals surface area (Å²) in [5.74, 6) is 0.107. The van der Waals surface area contributed by atoms with E-state index in [1.54, 1.807) is 18.2 Å². The minimum absolute atomic E-state index is 0.107. The van der Waals surface area contributed by atoms with Crippen molar-refractivity contribution < 1.29 is 4.79 Å². The summed E-state index contributed by atoms with van der Waals surface area (Å²) in [4.78, 5) is 17.0. The molecule has 0 saturated carbocycles. The van der Waals surface area contributed by atoms with Gasteiger partial charge in [0.1, 0.15) is 0 Å². The Kier molecular flexibility index (Phi) is 5.09. The molecule has 2 fully saturated rings. The quantitative estimate of drug-likeness (QED) is 0.803. The van der Waals surface area contributed by atoms with Crippen LogP contribution in [0.5, 0.6) is 0 Å². The number of rotatable bonds is 4. The van der Waals surface area contributed by atoms with E-state index in [4.69, 9.17) is 5.26 Å². The monoisotopic (exact) mass is 309 g/mol. The fraction of sp³-hybridized carbons (Fsp3) is 0.474. The molecule has 3 rings (SSSR count). The van der Waals surface area contributed by atoms with E-state index in [0.29, 0.717) is 11.6 Å². The average molecular weight is 309 g/mol. The minimum atomic E-state index is 0.107. The Balaban J connectivity index is 1.59. The van der Waals surface area contributed by atoms with Gasteiger partial charge >= 0.3 is 0 Å². The highest BCUT2D eigenvalue weighted by Crippen LogP contribution is 2.21. The lowest BCUT2D eigenvalue weighted by Gasteiger charge is -2.27. The molecule has 4 nitrogen and oxygen atoms in total. The summed E-state index contributed by atoms with van der Waals surface area (Å²) in [5, 5.41) is 8.80. The highest BCUT2D eigenvalue weighted by atomic mass is 16.2. The van der Waals surface area contributed by atoms with Crippen molar-refractivity contribution in [3.8, 4) is 6.07 Å². The van der Waals surface area contributed by atoms with Gasteiger partial charge in [0.2, 0.25) is 5.91 Å². The van der Waals surface area contributed by atoms with E-state index in [1.807, 2.05) is 23.1 Å². The van der Waals surface area contributed by atoms with Crippen molar-refractivity contribution in [3.05, 3.63) is 41.5 Å². The number of hydrogen-bond acceptors (Lipinski definition) is 3. The third-order valence-electron chi connectivity index (χ3n) is 4.79. The standard InChI is InChI=1S/C19H23N3O/c20-14-17-7-5-16(6-8-17)9-10-19(23)22-13-3-4-18(22)15-21-11-1-2-12-21/h5-10,18H,1-4,11-13,15H2/b10-9+/t18-/m0/s1. The largest absolute Gasteiger partial charge is 0.335 e. The molecule has 4 heteroatoms. The van der Waals surface area contributed by atoms with Crippen LogP contribution in [0.3, 0.4) is 0 Å².